The van der Waals surface area contributed by atoms with Crippen molar-refractivity contribution in [2.24, 2.45) is 29.6 Å². The largest absolute Gasteiger partial charge is 0.504 e. The molecule has 2 saturated carbocycles. The van der Waals surface area contributed by atoms with E-state index in [1.807, 2.05) is 12.1 Å². The van der Waals surface area contributed by atoms with Crippen LogP contribution >= 0.6 is 23.1 Å². The normalized spacial score (nSPS) is 36.5. The maximum atomic E-state index is 12.4. The van der Waals surface area contributed by atoms with Crippen LogP contribution in [0.15, 0.2) is 28.0 Å². The number of thiazole rings is 1. The monoisotopic (exact) mass is 431 g/mol. The van der Waals surface area contributed by atoms with Crippen LogP contribution in [-0.2, 0) is 14.3 Å². The van der Waals surface area contributed by atoms with Crippen molar-refractivity contribution >= 4 is 35.0 Å². The molecule has 1 aromatic carbocycles. The number of thioether (sulfide) groups is 1. The zero-order valence-electron chi connectivity index (χ0n) is 15.3. The first-order valence-corrected chi connectivity index (χ1v) is 11.2. The number of phenolic OH excluding ortho intramolecular Hbond substituents is 1. The number of H-pyrrole nitrogens is 1. The number of aromatic amines is 1. The lowest BCUT2D eigenvalue weighted by Gasteiger charge is -2.42. The average Bonchev–Trinajstić information content (AvgIpc) is 3.41. The lowest BCUT2D eigenvalue weighted by atomic mass is 9.68. The van der Waals surface area contributed by atoms with Crippen LogP contribution in [0.4, 0.5) is 0 Å². The Balaban J connectivity index is 1.54. The molecule has 3 fully saturated rings. The van der Waals surface area contributed by atoms with E-state index >= 15 is 0 Å². The van der Waals surface area contributed by atoms with Gasteiger partial charge in [0.2, 0.25) is 0 Å². The Morgan fingerprint density at radius 1 is 1.17 bits per heavy atom. The minimum atomic E-state index is -0.419. The molecule has 150 valence electrons. The second-order valence-electron chi connectivity index (χ2n) is 8.10. The molecule has 0 unspecified atom stereocenters. The summed E-state index contributed by atoms with van der Waals surface area (Å²) >= 11 is 2.75. The molecule has 7 atom stereocenters. The highest BCUT2D eigenvalue weighted by atomic mass is 32.2. The Labute approximate surface area is 173 Å². The molecule has 4 aliphatic rings. The van der Waals surface area contributed by atoms with Crippen LogP contribution in [0.25, 0.3) is 0 Å². The number of carbonyl (C=O) groups excluding carboxylic acids is 2. The highest BCUT2D eigenvalue weighted by Crippen LogP contribution is 2.68. The quantitative estimate of drug-likeness (QED) is 0.555. The molecule has 1 saturated heterocycles. The van der Waals surface area contributed by atoms with E-state index < -0.39 is 17.9 Å². The first kappa shape index (κ1) is 17.6. The van der Waals surface area contributed by atoms with E-state index in [1.54, 1.807) is 17.8 Å². The number of hydrogen-bond donors (Lipinski definition) is 2. The number of benzene rings is 1. The van der Waals surface area contributed by atoms with Gasteiger partial charge in [0.25, 0.3) is 0 Å². The van der Waals surface area contributed by atoms with Gasteiger partial charge in [-0.1, -0.05) is 23.5 Å². The number of aromatic hydroxyl groups is 1. The number of rotatable bonds is 2. The number of para-hydroxylation sites is 1. The van der Waals surface area contributed by atoms with Crippen LogP contribution in [0.1, 0.15) is 22.8 Å². The van der Waals surface area contributed by atoms with Gasteiger partial charge in [-0.2, -0.15) is 0 Å². The average molecular weight is 431 g/mol. The van der Waals surface area contributed by atoms with E-state index in [1.165, 1.54) is 7.11 Å². The Kier molecular flexibility index (Phi) is 3.57. The fourth-order valence-electron chi connectivity index (χ4n) is 6.12. The number of carbonyl (C=O) groups is 2. The van der Waals surface area contributed by atoms with E-state index in [9.17, 15) is 19.5 Å². The molecule has 29 heavy (non-hydrogen) atoms. The predicted octanol–water partition coefficient (Wildman–Crippen LogP) is 2.34. The Morgan fingerprint density at radius 3 is 2.69 bits per heavy atom. The molecule has 2 bridgehead atoms. The van der Waals surface area contributed by atoms with Crippen LogP contribution in [-0.4, -0.2) is 34.4 Å². The lowest BCUT2D eigenvalue weighted by Crippen LogP contribution is -2.42. The fraction of sp³-hybridized carbons (Fsp3) is 0.450. The van der Waals surface area contributed by atoms with Crippen molar-refractivity contribution in [3.63, 3.8) is 0 Å². The van der Waals surface area contributed by atoms with Gasteiger partial charge in [-0.25, -0.2) is 0 Å². The Morgan fingerprint density at radius 2 is 1.93 bits per heavy atom. The van der Waals surface area contributed by atoms with Crippen molar-refractivity contribution in [3.05, 3.63) is 38.3 Å². The second-order valence-corrected chi connectivity index (χ2v) is 10.3. The van der Waals surface area contributed by atoms with Gasteiger partial charge in [0.05, 0.1) is 24.0 Å². The molecule has 0 spiro atoms. The third kappa shape index (κ3) is 2.17. The summed E-state index contributed by atoms with van der Waals surface area (Å²) in [6.45, 7) is 0. The van der Waals surface area contributed by atoms with E-state index in [-0.39, 0.29) is 45.5 Å². The number of hydrogen-bond acceptors (Lipinski definition) is 8. The Bertz CT molecular complexity index is 1120. The molecule has 6 rings (SSSR count). The summed E-state index contributed by atoms with van der Waals surface area (Å²) in [5.41, 5.74) is 0.693. The standard InChI is InChI=1S/C20H17NO6S2/c1-26-9-4-2-3-6(14(9)22)10-11-7-5-8(13-12(7)18(23)27-19(13)24)15(11)28-17-16(10)29-20(25)21-17/h2-4,7-8,10-13,15,22H,5H2,1H3,(H,21,25)/t7-,8+,10+,11-,12+,13+,15-/m1/s1. The number of fused-ring (bicyclic) bond motifs is 9. The smallest absolute Gasteiger partial charge is 0.317 e. The van der Waals surface area contributed by atoms with E-state index in [2.05, 4.69) is 4.98 Å². The third-order valence-electron chi connectivity index (χ3n) is 7.04. The fourth-order valence-corrected chi connectivity index (χ4v) is 9.00. The van der Waals surface area contributed by atoms with Gasteiger partial charge in [-0.05, 0) is 30.2 Å². The minimum absolute atomic E-state index is 0.0117. The van der Waals surface area contributed by atoms with Crippen molar-refractivity contribution in [2.45, 2.75) is 22.6 Å². The zero-order chi connectivity index (χ0) is 20.0. The topological polar surface area (TPSA) is 106 Å². The molecule has 2 aliphatic carbocycles. The number of cyclic esters (lactones) is 2. The number of esters is 2. The van der Waals surface area contributed by atoms with Gasteiger partial charge >= 0.3 is 16.8 Å². The van der Waals surface area contributed by atoms with Crippen molar-refractivity contribution in [2.75, 3.05) is 7.11 Å². The molecule has 3 heterocycles. The van der Waals surface area contributed by atoms with Gasteiger partial charge in [0.1, 0.15) is 0 Å². The molecular weight excluding hydrogens is 414 g/mol. The van der Waals surface area contributed by atoms with Gasteiger partial charge < -0.3 is 19.6 Å². The van der Waals surface area contributed by atoms with E-state index in [0.717, 1.165) is 27.7 Å². The first-order valence-electron chi connectivity index (χ1n) is 9.50. The van der Waals surface area contributed by atoms with Crippen LogP contribution in [0.3, 0.4) is 0 Å². The predicted molar refractivity (Wildman–Crippen MR) is 104 cm³/mol. The molecule has 1 aromatic heterocycles. The number of aromatic nitrogens is 1. The number of ether oxygens (including phenoxy) is 2. The molecule has 0 amide bonds. The van der Waals surface area contributed by atoms with Crippen molar-refractivity contribution in [1.82, 2.24) is 4.98 Å². The number of phenols is 1. The maximum absolute atomic E-state index is 12.4. The highest BCUT2D eigenvalue weighted by Gasteiger charge is 2.69. The summed E-state index contributed by atoms with van der Waals surface area (Å²) in [5, 5.41) is 11.8. The summed E-state index contributed by atoms with van der Waals surface area (Å²) in [7, 11) is 1.50. The van der Waals surface area contributed by atoms with Crippen LogP contribution in [0, 0.1) is 29.6 Å². The minimum Gasteiger partial charge on any atom is -0.504 e. The molecule has 2 aliphatic heterocycles. The summed E-state index contributed by atoms with van der Waals surface area (Å²) < 4.78 is 10.3. The summed E-state index contributed by atoms with van der Waals surface area (Å²) in [5.74, 6) is -1.38. The van der Waals surface area contributed by atoms with Gasteiger partial charge in [-0.3, -0.25) is 14.4 Å². The number of methoxy groups -OCH3 is 1. The van der Waals surface area contributed by atoms with Crippen molar-refractivity contribution in [3.8, 4) is 11.5 Å². The molecule has 2 N–H and O–H groups in total. The zero-order valence-corrected chi connectivity index (χ0v) is 16.9. The summed E-state index contributed by atoms with van der Waals surface area (Å²) in [6, 6.07) is 5.37. The molecule has 2 aromatic rings. The summed E-state index contributed by atoms with van der Waals surface area (Å²) in [6.07, 6.45) is 0.791. The van der Waals surface area contributed by atoms with Crippen LogP contribution in [0.2, 0.25) is 0 Å². The maximum Gasteiger partial charge on any atom is 0.317 e. The van der Waals surface area contributed by atoms with E-state index in [0.29, 0.717) is 11.3 Å². The highest BCUT2D eigenvalue weighted by molar-refractivity contribution is 8.00. The SMILES string of the molecule is COc1cccc([C@@H]2c3sc(=O)[nH]c3S[C@@H]3[C@H]4C[C@@H]([C@@H]5C(=O)OC(=O)[C@@H]45)[C@H]23)c1O. The van der Waals surface area contributed by atoms with Crippen LogP contribution in [0.5, 0.6) is 11.5 Å². The first-order chi connectivity index (χ1) is 14.0. The van der Waals surface area contributed by atoms with Gasteiger partial charge in [-0.15, -0.1) is 11.8 Å². The number of nitrogens with one attached hydrogen (secondary N) is 1. The molecular formula is C20H17NO6S2. The van der Waals surface area contributed by atoms with Gasteiger partial charge in [0.15, 0.2) is 11.5 Å². The molecule has 9 heteroatoms. The van der Waals surface area contributed by atoms with Gasteiger partial charge in [0, 0.05) is 21.6 Å². The van der Waals surface area contributed by atoms with Crippen molar-refractivity contribution < 1.29 is 24.2 Å². The lowest BCUT2D eigenvalue weighted by molar-refractivity contribution is -0.154. The Hall–Kier alpha value is -2.26. The third-order valence-corrected chi connectivity index (χ3v) is 9.63. The second kappa shape index (κ2) is 5.89. The molecule has 7 nitrogen and oxygen atoms in total. The van der Waals surface area contributed by atoms with Crippen LogP contribution < -0.4 is 9.61 Å². The van der Waals surface area contributed by atoms with E-state index in [4.69, 9.17) is 9.47 Å². The summed E-state index contributed by atoms with van der Waals surface area (Å²) in [4.78, 5) is 40.6. The molecule has 0 radical (unpaired) electrons. The van der Waals surface area contributed by atoms with Crippen molar-refractivity contribution in [1.29, 1.82) is 0 Å².